The molecule has 148 valence electrons. The van der Waals surface area contributed by atoms with Crippen molar-refractivity contribution < 1.29 is 19.1 Å². The number of anilines is 2. The molecule has 0 aliphatic rings. The van der Waals surface area contributed by atoms with Crippen LogP contribution in [0.1, 0.15) is 36.5 Å². The topological polar surface area (TPSA) is 84.5 Å². The van der Waals surface area contributed by atoms with Crippen LogP contribution in [0.5, 0.6) is 0 Å². The molecule has 2 rings (SSSR count). The minimum atomic E-state index is -0.588. The van der Waals surface area contributed by atoms with Gasteiger partial charge in [0.15, 0.2) is 6.61 Å². The molecule has 2 aromatic carbocycles. The molecule has 0 unspecified atom stereocenters. The standard InChI is InChI=1S/C22H26N2O4/c1-4-17-7-5-6-8-19(17)24-21(26)14-28-22(27)12-11-20(25)23-18-10-9-15(2)13-16(18)3/h5-10,13H,4,11-12,14H2,1-3H3,(H,23,25)(H,24,26). The van der Waals surface area contributed by atoms with Gasteiger partial charge in [0.2, 0.25) is 5.91 Å². The normalized spacial score (nSPS) is 10.2. The Morgan fingerprint density at radius 2 is 1.61 bits per heavy atom. The highest BCUT2D eigenvalue weighted by Crippen LogP contribution is 2.17. The van der Waals surface area contributed by atoms with Gasteiger partial charge in [-0.25, -0.2) is 0 Å². The Balaban J connectivity index is 1.73. The van der Waals surface area contributed by atoms with Crippen molar-refractivity contribution in [2.24, 2.45) is 0 Å². The highest BCUT2D eigenvalue weighted by atomic mass is 16.5. The summed E-state index contributed by atoms with van der Waals surface area (Å²) in [6.45, 7) is 5.50. The summed E-state index contributed by atoms with van der Waals surface area (Å²) in [4.78, 5) is 35.8. The molecule has 0 spiro atoms. The quantitative estimate of drug-likeness (QED) is 0.681. The monoisotopic (exact) mass is 382 g/mol. The molecule has 0 fully saturated rings. The second-order valence-electron chi connectivity index (χ2n) is 6.59. The summed E-state index contributed by atoms with van der Waals surface area (Å²) in [5.41, 5.74) is 4.50. The smallest absolute Gasteiger partial charge is 0.306 e. The number of carbonyl (C=O) groups excluding carboxylic acids is 3. The van der Waals surface area contributed by atoms with Crippen LogP contribution < -0.4 is 10.6 Å². The van der Waals surface area contributed by atoms with Gasteiger partial charge >= 0.3 is 5.97 Å². The van der Waals surface area contributed by atoms with Gasteiger partial charge in [-0.2, -0.15) is 0 Å². The third kappa shape index (κ3) is 6.54. The predicted molar refractivity (Wildman–Crippen MR) is 109 cm³/mol. The number of amides is 2. The van der Waals surface area contributed by atoms with Crippen LogP contribution in [0.3, 0.4) is 0 Å². The largest absolute Gasteiger partial charge is 0.456 e. The Morgan fingerprint density at radius 1 is 0.893 bits per heavy atom. The van der Waals surface area contributed by atoms with Crippen molar-refractivity contribution in [3.63, 3.8) is 0 Å². The minimum Gasteiger partial charge on any atom is -0.456 e. The third-order valence-electron chi connectivity index (χ3n) is 4.25. The maximum Gasteiger partial charge on any atom is 0.306 e. The molecular formula is C22H26N2O4. The number of rotatable bonds is 8. The van der Waals surface area contributed by atoms with Crippen molar-refractivity contribution in [3.8, 4) is 0 Å². The van der Waals surface area contributed by atoms with Crippen LogP contribution in [0.15, 0.2) is 42.5 Å². The Kier molecular flexibility index (Phi) is 7.75. The fourth-order valence-corrected chi connectivity index (χ4v) is 2.74. The summed E-state index contributed by atoms with van der Waals surface area (Å²) in [6, 6.07) is 13.2. The van der Waals surface area contributed by atoms with E-state index in [0.717, 1.165) is 28.8 Å². The van der Waals surface area contributed by atoms with Crippen LogP contribution in [-0.2, 0) is 25.5 Å². The maximum atomic E-state index is 12.0. The molecule has 6 heteroatoms. The van der Waals surface area contributed by atoms with E-state index >= 15 is 0 Å². The van der Waals surface area contributed by atoms with Crippen LogP contribution in [0.25, 0.3) is 0 Å². The van der Waals surface area contributed by atoms with Gasteiger partial charge in [0.25, 0.3) is 5.91 Å². The molecule has 28 heavy (non-hydrogen) atoms. The van der Waals surface area contributed by atoms with Crippen molar-refractivity contribution in [1.29, 1.82) is 0 Å². The lowest BCUT2D eigenvalue weighted by Gasteiger charge is -2.10. The molecule has 0 bridgehead atoms. The molecule has 6 nitrogen and oxygen atoms in total. The van der Waals surface area contributed by atoms with E-state index in [1.54, 1.807) is 6.07 Å². The number of ether oxygens (including phenoxy) is 1. The van der Waals surface area contributed by atoms with Gasteiger partial charge in [-0.15, -0.1) is 0 Å². The van der Waals surface area contributed by atoms with Crippen LogP contribution in [0.2, 0.25) is 0 Å². The number of aryl methyl sites for hydroxylation is 3. The summed E-state index contributed by atoms with van der Waals surface area (Å²) in [7, 11) is 0. The van der Waals surface area contributed by atoms with E-state index in [1.807, 2.05) is 57.2 Å². The maximum absolute atomic E-state index is 12.0. The number of para-hydroxylation sites is 1. The molecule has 0 radical (unpaired) electrons. The van der Waals surface area contributed by atoms with Crippen LogP contribution in [0.4, 0.5) is 11.4 Å². The first-order valence-electron chi connectivity index (χ1n) is 9.29. The van der Waals surface area contributed by atoms with Gasteiger partial charge in [0.05, 0.1) is 6.42 Å². The van der Waals surface area contributed by atoms with Crippen LogP contribution in [-0.4, -0.2) is 24.4 Å². The van der Waals surface area contributed by atoms with Gasteiger partial charge in [-0.3, -0.25) is 14.4 Å². The number of nitrogens with one attached hydrogen (secondary N) is 2. The van der Waals surface area contributed by atoms with Crippen LogP contribution in [0, 0.1) is 13.8 Å². The lowest BCUT2D eigenvalue weighted by Crippen LogP contribution is -2.22. The molecule has 2 aromatic rings. The highest BCUT2D eigenvalue weighted by molar-refractivity contribution is 5.95. The Bertz CT molecular complexity index is 861. The summed E-state index contributed by atoms with van der Waals surface area (Å²) in [5, 5.41) is 5.51. The van der Waals surface area contributed by atoms with E-state index in [2.05, 4.69) is 10.6 Å². The van der Waals surface area contributed by atoms with Gasteiger partial charge in [0, 0.05) is 17.8 Å². The average Bonchev–Trinajstić information content (AvgIpc) is 2.67. The fraction of sp³-hybridized carbons (Fsp3) is 0.318. The number of carbonyl (C=O) groups is 3. The van der Waals surface area contributed by atoms with Crippen molar-refractivity contribution in [2.45, 2.75) is 40.0 Å². The molecule has 0 heterocycles. The zero-order chi connectivity index (χ0) is 20.5. The second kappa shape index (κ2) is 10.3. The molecule has 0 saturated heterocycles. The zero-order valence-electron chi connectivity index (χ0n) is 16.5. The fourth-order valence-electron chi connectivity index (χ4n) is 2.74. The molecule has 2 N–H and O–H groups in total. The number of hydrogen-bond donors (Lipinski definition) is 2. The summed E-state index contributed by atoms with van der Waals surface area (Å²) in [6.07, 6.45) is 0.688. The molecule has 0 saturated carbocycles. The Morgan fingerprint density at radius 3 is 2.32 bits per heavy atom. The minimum absolute atomic E-state index is 0.00750. The second-order valence-corrected chi connectivity index (χ2v) is 6.59. The number of benzene rings is 2. The SMILES string of the molecule is CCc1ccccc1NC(=O)COC(=O)CCC(=O)Nc1ccc(C)cc1C. The first kappa shape index (κ1) is 21.2. The van der Waals surface area contributed by atoms with Crippen LogP contribution >= 0.6 is 0 Å². The van der Waals surface area contributed by atoms with Crippen molar-refractivity contribution in [1.82, 2.24) is 0 Å². The molecular weight excluding hydrogens is 356 g/mol. The first-order chi connectivity index (χ1) is 13.4. The molecule has 0 aliphatic carbocycles. The lowest BCUT2D eigenvalue weighted by molar-refractivity contribution is -0.147. The van der Waals surface area contributed by atoms with E-state index in [9.17, 15) is 14.4 Å². The van der Waals surface area contributed by atoms with Gasteiger partial charge < -0.3 is 15.4 Å². The summed E-state index contributed by atoms with van der Waals surface area (Å²) >= 11 is 0. The highest BCUT2D eigenvalue weighted by Gasteiger charge is 2.12. The van der Waals surface area contributed by atoms with Gasteiger partial charge in [-0.05, 0) is 43.5 Å². The van der Waals surface area contributed by atoms with Gasteiger partial charge in [-0.1, -0.05) is 42.8 Å². The van der Waals surface area contributed by atoms with E-state index in [1.165, 1.54) is 0 Å². The van der Waals surface area contributed by atoms with Crippen molar-refractivity contribution >= 4 is 29.2 Å². The summed E-state index contributed by atoms with van der Waals surface area (Å²) < 4.78 is 4.96. The predicted octanol–water partition coefficient (Wildman–Crippen LogP) is 3.77. The molecule has 2 amide bonds. The Labute approximate surface area is 165 Å². The van der Waals surface area contributed by atoms with Gasteiger partial charge in [0.1, 0.15) is 0 Å². The van der Waals surface area contributed by atoms with E-state index in [-0.39, 0.29) is 25.4 Å². The summed E-state index contributed by atoms with van der Waals surface area (Å²) in [5.74, 6) is -1.27. The first-order valence-corrected chi connectivity index (χ1v) is 9.29. The van der Waals surface area contributed by atoms with E-state index < -0.39 is 11.9 Å². The zero-order valence-corrected chi connectivity index (χ0v) is 16.5. The Hall–Kier alpha value is -3.15. The molecule has 0 atom stereocenters. The van der Waals surface area contributed by atoms with Crippen molar-refractivity contribution in [3.05, 3.63) is 59.2 Å². The number of esters is 1. The average molecular weight is 382 g/mol. The number of hydrogen-bond acceptors (Lipinski definition) is 4. The van der Waals surface area contributed by atoms with Crippen molar-refractivity contribution in [2.75, 3.05) is 17.2 Å². The lowest BCUT2D eigenvalue weighted by atomic mass is 10.1. The third-order valence-corrected chi connectivity index (χ3v) is 4.25. The molecule has 0 aromatic heterocycles. The molecule has 0 aliphatic heterocycles. The van der Waals surface area contributed by atoms with E-state index in [0.29, 0.717) is 5.69 Å². The van der Waals surface area contributed by atoms with E-state index in [4.69, 9.17) is 4.74 Å².